The molecule has 0 aromatic heterocycles. The van der Waals surface area contributed by atoms with Crippen LogP contribution in [0.2, 0.25) is 0 Å². The van der Waals surface area contributed by atoms with Gasteiger partial charge in [0.1, 0.15) is 0 Å². The summed E-state index contributed by atoms with van der Waals surface area (Å²) in [4.78, 5) is 0. The van der Waals surface area contributed by atoms with Gasteiger partial charge in [-0.25, -0.2) is 12.1 Å². The molecular weight excluding hydrogens is 348 g/mol. The fourth-order valence-electron chi connectivity index (χ4n) is 0.503. The van der Waals surface area contributed by atoms with Crippen LogP contribution in [0.4, 0.5) is 4.11 Å². The zero-order valence-corrected chi connectivity index (χ0v) is 17.0. The fourth-order valence-corrected chi connectivity index (χ4v) is 0.953. The van der Waals surface area contributed by atoms with E-state index in [2.05, 4.69) is 0 Å². The van der Waals surface area contributed by atoms with Crippen molar-refractivity contribution in [3.8, 4) is 0 Å². The molecule has 1 aromatic carbocycles. The van der Waals surface area contributed by atoms with Crippen LogP contribution in [0.25, 0.3) is 17.2 Å². The van der Waals surface area contributed by atoms with E-state index in [9.17, 15) is 4.11 Å². The minimum atomic E-state index is -1.37. The zero-order valence-electron chi connectivity index (χ0n) is 13.1. The third-order valence-electron chi connectivity index (χ3n) is 1.64. The summed E-state index contributed by atoms with van der Waals surface area (Å²) in [6.07, 6.45) is 2.96. The Morgan fingerprint density at radius 1 is 0.850 bits per heavy atom. The van der Waals surface area contributed by atoms with Crippen LogP contribution in [0.5, 0.6) is 0 Å². The molecule has 0 spiro atoms. The molecule has 116 valence electrons. The average molecular weight is 379 g/mol. The molecular formula is C14H30FN3SiZr. The van der Waals surface area contributed by atoms with Gasteiger partial charge in [0.2, 0.25) is 0 Å². The molecule has 1 aromatic rings. The molecule has 0 saturated heterocycles. The van der Waals surface area contributed by atoms with E-state index in [0.717, 1.165) is 24.4 Å². The van der Waals surface area contributed by atoms with Crippen LogP contribution in [-0.4, -0.2) is 29.5 Å². The van der Waals surface area contributed by atoms with Crippen molar-refractivity contribution in [2.24, 2.45) is 0 Å². The Balaban J connectivity index is -0.0000000881. The molecule has 0 unspecified atom stereocenters. The first-order chi connectivity index (χ1) is 9.17. The van der Waals surface area contributed by atoms with Gasteiger partial charge in [-0.15, -0.1) is 5.19 Å². The predicted octanol–water partition coefficient (Wildman–Crippen LogP) is 4.43. The van der Waals surface area contributed by atoms with Gasteiger partial charge in [0.15, 0.2) is 9.85 Å². The molecule has 1 rings (SSSR count). The molecule has 0 radical (unpaired) electrons. The second-order valence-corrected chi connectivity index (χ2v) is 4.76. The van der Waals surface area contributed by atoms with Gasteiger partial charge < -0.3 is 21.3 Å². The van der Waals surface area contributed by atoms with E-state index < -0.39 is 9.85 Å². The van der Waals surface area contributed by atoms with E-state index in [1.54, 1.807) is 0 Å². The summed E-state index contributed by atoms with van der Waals surface area (Å²) in [5, 5.41) is 0.903. The van der Waals surface area contributed by atoms with Gasteiger partial charge >= 0.3 is 26.2 Å². The zero-order chi connectivity index (χ0) is 15.4. The van der Waals surface area contributed by atoms with E-state index in [-0.39, 0.29) is 26.2 Å². The van der Waals surface area contributed by atoms with Gasteiger partial charge in [-0.05, 0) is 0 Å². The minimum absolute atomic E-state index is 0. The Bertz CT molecular complexity index is 197. The van der Waals surface area contributed by atoms with Gasteiger partial charge in [0, 0.05) is 0 Å². The molecule has 0 bridgehead atoms. The van der Waals surface area contributed by atoms with Crippen molar-refractivity contribution in [2.45, 2.75) is 40.0 Å². The van der Waals surface area contributed by atoms with Crippen molar-refractivity contribution >= 4 is 15.0 Å². The standard InChI is InChI=1S/C5H6FSi.3C3H8N.Zr/c6-7-5-3-1-2-4-5;3*1-2-3-4;/h1-4H,7H2;3*4H,2-3H2,1H3;/q4*-1;+4. The van der Waals surface area contributed by atoms with Crippen molar-refractivity contribution in [1.29, 1.82) is 0 Å². The number of hydrogen-bond acceptors (Lipinski definition) is 0. The second kappa shape index (κ2) is 31.6. The Kier molecular flexibility index (Phi) is 44.9. The maximum atomic E-state index is 11.7. The van der Waals surface area contributed by atoms with Gasteiger partial charge in [-0.2, -0.15) is 31.8 Å². The first kappa shape index (κ1) is 28.4. The van der Waals surface area contributed by atoms with E-state index in [1.807, 2.05) is 45.0 Å². The maximum absolute atomic E-state index is 11.7. The van der Waals surface area contributed by atoms with E-state index in [1.165, 1.54) is 0 Å². The SMILES string of the molecule is CCC[NH-].CCC[NH-].CCC[NH-].F[SiH2][c-]1cccc1.[Zr+4]. The number of halogens is 1. The third kappa shape index (κ3) is 36.2. The number of nitrogens with one attached hydrogen (secondary N) is 3. The molecule has 20 heavy (non-hydrogen) atoms. The third-order valence-corrected chi connectivity index (χ3v) is 2.42. The quantitative estimate of drug-likeness (QED) is 0.422. The first-order valence-electron chi connectivity index (χ1n) is 6.88. The minimum Gasteiger partial charge on any atom is -0.677 e. The summed E-state index contributed by atoms with van der Waals surface area (Å²) in [6, 6.07) is 7.38. The van der Waals surface area contributed by atoms with E-state index >= 15 is 0 Å². The average Bonchev–Trinajstić information content (AvgIpc) is 3.01. The van der Waals surface area contributed by atoms with E-state index in [4.69, 9.17) is 17.2 Å². The summed E-state index contributed by atoms with van der Waals surface area (Å²) < 4.78 is 11.7. The molecule has 0 aliphatic rings. The molecule has 3 nitrogen and oxygen atoms in total. The van der Waals surface area contributed by atoms with Crippen LogP contribution in [0, 0.1) is 0 Å². The summed E-state index contributed by atoms with van der Waals surface area (Å²) >= 11 is 0. The van der Waals surface area contributed by atoms with Crippen LogP contribution in [0.1, 0.15) is 40.0 Å². The maximum Gasteiger partial charge on any atom is 4.00 e. The van der Waals surface area contributed by atoms with Crippen molar-refractivity contribution in [3.63, 3.8) is 0 Å². The van der Waals surface area contributed by atoms with E-state index in [0.29, 0.717) is 19.6 Å². The molecule has 0 amide bonds. The van der Waals surface area contributed by atoms with Crippen molar-refractivity contribution in [3.05, 3.63) is 41.5 Å². The summed E-state index contributed by atoms with van der Waals surface area (Å²) in [6.45, 7) is 7.69. The smallest absolute Gasteiger partial charge is 0.677 e. The Morgan fingerprint density at radius 2 is 1.10 bits per heavy atom. The van der Waals surface area contributed by atoms with Gasteiger partial charge in [-0.3, -0.25) is 0 Å². The van der Waals surface area contributed by atoms with Crippen LogP contribution >= 0.6 is 0 Å². The molecule has 3 N–H and O–H groups in total. The van der Waals surface area contributed by atoms with Crippen molar-refractivity contribution in [2.75, 3.05) is 19.6 Å². The molecule has 0 atom stereocenters. The molecule has 0 fully saturated rings. The monoisotopic (exact) mass is 377 g/mol. The largest absolute Gasteiger partial charge is 4.00 e. The van der Waals surface area contributed by atoms with Crippen LogP contribution in [-0.2, 0) is 26.2 Å². The van der Waals surface area contributed by atoms with Crippen LogP contribution in [0.15, 0.2) is 24.3 Å². The Morgan fingerprint density at radius 3 is 1.20 bits per heavy atom. The topological polar surface area (TPSA) is 71.4 Å². The van der Waals surface area contributed by atoms with Crippen molar-refractivity contribution < 1.29 is 30.3 Å². The molecule has 0 heterocycles. The van der Waals surface area contributed by atoms with Gasteiger partial charge in [0.05, 0.1) is 0 Å². The van der Waals surface area contributed by atoms with Crippen molar-refractivity contribution in [1.82, 2.24) is 0 Å². The van der Waals surface area contributed by atoms with Gasteiger partial charge in [0.25, 0.3) is 0 Å². The normalized spacial score (nSPS) is 8.35. The summed E-state index contributed by atoms with van der Waals surface area (Å²) in [7, 11) is -1.37. The van der Waals surface area contributed by atoms with Crippen LogP contribution < -0.4 is 5.19 Å². The molecule has 6 heteroatoms. The summed E-state index contributed by atoms with van der Waals surface area (Å²) in [5.74, 6) is 0. The molecule has 0 saturated carbocycles. The fraction of sp³-hybridized carbons (Fsp3) is 0.643. The Labute approximate surface area is 146 Å². The molecule has 0 aliphatic heterocycles. The Hall–Kier alpha value is 0.260. The first-order valence-corrected chi connectivity index (χ1v) is 8.12. The van der Waals surface area contributed by atoms with Crippen LogP contribution in [0.3, 0.4) is 0 Å². The summed E-state index contributed by atoms with van der Waals surface area (Å²) in [5.41, 5.74) is 19.4. The van der Waals surface area contributed by atoms with Gasteiger partial charge in [-0.1, -0.05) is 40.0 Å². The predicted molar refractivity (Wildman–Crippen MR) is 89.8 cm³/mol. The molecule has 0 aliphatic carbocycles. The number of hydrogen-bond donors (Lipinski definition) is 0. The second-order valence-electron chi connectivity index (χ2n) is 3.68. The number of rotatable bonds is 4.